The van der Waals surface area contributed by atoms with E-state index < -0.39 is 5.91 Å². The van der Waals surface area contributed by atoms with Crippen LogP contribution in [-0.4, -0.2) is 47.8 Å². The molecule has 4 rings (SSSR count). The number of nitrogens with two attached hydrogens (primary N) is 1. The van der Waals surface area contributed by atoms with Crippen LogP contribution in [0.1, 0.15) is 43.0 Å². The van der Waals surface area contributed by atoms with Crippen LogP contribution >= 0.6 is 0 Å². The van der Waals surface area contributed by atoms with E-state index in [0.29, 0.717) is 36.5 Å². The lowest BCUT2D eigenvalue weighted by Gasteiger charge is -2.14. The number of carbonyl (C=O) groups excluding carboxylic acids is 1. The lowest BCUT2D eigenvalue weighted by Crippen LogP contribution is -2.27. The van der Waals surface area contributed by atoms with Crippen molar-refractivity contribution in [2.45, 2.75) is 44.8 Å². The van der Waals surface area contributed by atoms with Gasteiger partial charge in [-0.25, -0.2) is 4.98 Å². The molecule has 2 heterocycles. The number of aromatic nitrogens is 2. The minimum Gasteiger partial charge on any atom is -0.489 e. The molecule has 1 aromatic carbocycles. The lowest BCUT2D eigenvalue weighted by atomic mass is 10.2. The van der Waals surface area contributed by atoms with Gasteiger partial charge in [0.1, 0.15) is 24.3 Å². The first-order valence-electron chi connectivity index (χ1n) is 10.4. The molecule has 1 aliphatic heterocycles. The zero-order chi connectivity index (χ0) is 20.9. The Balaban J connectivity index is 1.44. The van der Waals surface area contributed by atoms with Crippen LogP contribution in [0, 0.1) is 0 Å². The molecule has 1 aromatic heterocycles. The van der Waals surface area contributed by atoms with Gasteiger partial charge in [0, 0.05) is 31.1 Å². The number of fused-ring (bicyclic) bond motifs is 1. The molecule has 0 bridgehead atoms. The average Bonchev–Trinajstić information content (AvgIpc) is 3.56. The number of anilines is 4. The van der Waals surface area contributed by atoms with Gasteiger partial charge in [-0.15, -0.1) is 0 Å². The third-order valence-corrected chi connectivity index (χ3v) is 5.00. The van der Waals surface area contributed by atoms with Crippen molar-refractivity contribution in [2.24, 2.45) is 5.73 Å². The van der Waals surface area contributed by atoms with Crippen LogP contribution in [0.5, 0.6) is 5.75 Å². The second-order valence-corrected chi connectivity index (χ2v) is 7.61. The predicted octanol–water partition coefficient (Wildman–Crippen LogP) is 2.88. The molecule has 5 N–H and O–H groups in total. The van der Waals surface area contributed by atoms with Crippen LogP contribution in [0.4, 0.5) is 23.1 Å². The van der Waals surface area contributed by atoms with Crippen molar-refractivity contribution < 1.29 is 14.3 Å². The van der Waals surface area contributed by atoms with Crippen LogP contribution in [0.15, 0.2) is 24.4 Å². The molecule has 30 heavy (non-hydrogen) atoms. The Morgan fingerprint density at radius 2 is 2.27 bits per heavy atom. The maximum atomic E-state index is 11.6. The van der Waals surface area contributed by atoms with Crippen molar-refractivity contribution in [3.05, 3.63) is 30.0 Å². The molecule has 1 aliphatic carbocycles. The highest BCUT2D eigenvalue weighted by Crippen LogP contribution is 2.31. The van der Waals surface area contributed by atoms with Gasteiger partial charge in [0.25, 0.3) is 5.91 Å². The number of carbonyl (C=O) groups is 1. The Morgan fingerprint density at radius 1 is 1.40 bits per heavy atom. The van der Waals surface area contributed by atoms with Crippen molar-refractivity contribution in [1.29, 1.82) is 0 Å². The summed E-state index contributed by atoms with van der Waals surface area (Å²) in [6, 6.07) is 6.09. The van der Waals surface area contributed by atoms with E-state index in [9.17, 15) is 4.79 Å². The Labute approximate surface area is 175 Å². The number of hydrogen-bond acceptors (Lipinski definition) is 8. The van der Waals surface area contributed by atoms with E-state index in [-0.39, 0.29) is 6.10 Å². The standard InChI is InChI=1S/C21H28N6O3/c1-2-3-8-29-15-10-23-17-9-14(6-7-18(17)30-12-15)26-21-24-11-16(19(22)28)20(27-21)25-13-4-5-13/h6-7,9,11,13,15,23H,2-5,8,10,12H2,1H3,(H2,22,28)(H2,24,25,26,27)/t15-/m0/s1. The number of ether oxygens (including phenoxy) is 2. The molecular weight excluding hydrogens is 384 g/mol. The van der Waals surface area contributed by atoms with Crippen molar-refractivity contribution in [1.82, 2.24) is 9.97 Å². The van der Waals surface area contributed by atoms with Gasteiger partial charge >= 0.3 is 0 Å². The number of amides is 1. The van der Waals surface area contributed by atoms with E-state index in [4.69, 9.17) is 15.2 Å². The molecule has 1 fully saturated rings. The monoisotopic (exact) mass is 412 g/mol. The van der Waals surface area contributed by atoms with E-state index in [0.717, 1.165) is 49.4 Å². The largest absolute Gasteiger partial charge is 0.489 e. The first kappa shape index (κ1) is 20.2. The molecule has 2 aromatic rings. The second kappa shape index (κ2) is 9.17. The first-order valence-corrected chi connectivity index (χ1v) is 10.4. The van der Waals surface area contributed by atoms with Gasteiger partial charge < -0.3 is 31.2 Å². The molecule has 1 amide bonds. The summed E-state index contributed by atoms with van der Waals surface area (Å²) in [6.07, 6.45) is 5.74. The molecule has 0 radical (unpaired) electrons. The Morgan fingerprint density at radius 3 is 3.03 bits per heavy atom. The highest BCUT2D eigenvalue weighted by Gasteiger charge is 2.24. The Kier molecular flexibility index (Phi) is 6.18. The molecule has 9 nitrogen and oxygen atoms in total. The fraction of sp³-hybridized carbons (Fsp3) is 0.476. The van der Waals surface area contributed by atoms with Crippen LogP contribution in [0.25, 0.3) is 0 Å². The summed E-state index contributed by atoms with van der Waals surface area (Å²) >= 11 is 0. The molecule has 0 spiro atoms. The SMILES string of the molecule is CCCCO[C@H]1CNc2cc(Nc3ncc(C(N)=O)c(NC4CC4)n3)ccc2OC1. The highest BCUT2D eigenvalue weighted by molar-refractivity contribution is 5.97. The van der Waals surface area contributed by atoms with E-state index in [1.165, 1.54) is 6.20 Å². The third-order valence-electron chi connectivity index (χ3n) is 5.00. The molecule has 160 valence electrons. The van der Waals surface area contributed by atoms with E-state index in [1.807, 2.05) is 18.2 Å². The molecule has 9 heteroatoms. The zero-order valence-electron chi connectivity index (χ0n) is 17.1. The first-order chi connectivity index (χ1) is 14.6. The summed E-state index contributed by atoms with van der Waals surface area (Å²) in [6.45, 7) is 4.08. The van der Waals surface area contributed by atoms with Gasteiger partial charge in [0.2, 0.25) is 5.95 Å². The molecule has 2 aliphatic rings. The van der Waals surface area contributed by atoms with Gasteiger partial charge in [0.05, 0.1) is 11.3 Å². The van der Waals surface area contributed by atoms with Gasteiger partial charge in [0.15, 0.2) is 0 Å². The summed E-state index contributed by atoms with van der Waals surface area (Å²) in [5.41, 5.74) is 7.42. The highest BCUT2D eigenvalue weighted by atomic mass is 16.5. The number of primary amides is 1. The number of unbranched alkanes of at least 4 members (excludes halogenated alkanes) is 1. The smallest absolute Gasteiger partial charge is 0.254 e. The third kappa shape index (κ3) is 5.10. The normalized spacial score (nSPS) is 17.8. The van der Waals surface area contributed by atoms with E-state index >= 15 is 0 Å². The number of nitrogens with zero attached hydrogens (tertiary/aromatic N) is 2. The van der Waals surface area contributed by atoms with E-state index in [1.54, 1.807) is 0 Å². The lowest BCUT2D eigenvalue weighted by molar-refractivity contribution is 0.0299. The number of benzene rings is 1. The molecular formula is C21H28N6O3. The van der Waals surface area contributed by atoms with E-state index in [2.05, 4.69) is 32.8 Å². The Hall–Kier alpha value is -3.07. The van der Waals surface area contributed by atoms with Crippen LogP contribution in [0.2, 0.25) is 0 Å². The quantitative estimate of drug-likeness (QED) is 0.464. The topological polar surface area (TPSA) is 123 Å². The van der Waals surface area contributed by atoms with Gasteiger partial charge in [-0.1, -0.05) is 13.3 Å². The molecule has 1 atom stereocenters. The maximum absolute atomic E-state index is 11.6. The van der Waals surface area contributed by atoms with Crippen molar-refractivity contribution in [2.75, 3.05) is 35.7 Å². The van der Waals surface area contributed by atoms with Gasteiger partial charge in [-0.3, -0.25) is 4.79 Å². The zero-order valence-corrected chi connectivity index (χ0v) is 17.1. The molecule has 0 saturated heterocycles. The van der Waals surface area contributed by atoms with Crippen LogP contribution in [0.3, 0.4) is 0 Å². The fourth-order valence-electron chi connectivity index (χ4n) is 3.12. The van der Waals surface area contributed by atoms with Gasteiger partial charge in [-0.05, 0) is 37.5 Å². The minimum atomic E-state index is -0.549. The number of rotatable bonds is 9. The maximum Gasteiger partial charge on any atom is 0.254 e. The van der Waals surface area contributed by atoms with Gasteiger partial charge in [-0.2, -0.15) is 4.98 Å². The average molecular weight is 412 g/mol. The fourth-order valence-corrected chi connectivity index (χ4v) is 3.12. The van der Waals surface area contributed by atoms with Crippen molar-refractivity contribution in [3.8, 4) is 5.75 Å². The second-order valence-electron chi connectivity index (χ2n) is 7.61. The summed E-state index contributed by atoms with van der Waals surface area (Å²) in [5, 5.41) is 9.82. The molecule has 0 unspecified atom stereocenters. The summed E-state index contributed by atoms with van der Waals surface area (Å²) in [5.74, 6) is 1.08. The number of nitrogens with one attached hydrogen (secondary N) is 3. The summed E-state index contributed by atoms with van der Waals surface area (Å²) in [4.78, 5) is 20.3. The summed E-state index contributed by atoms with van der Waals surface area (Å²) in [7, 11) is 0. The van der Waals surface area contributed by atoms with Crippen LogP contribution < -0.4 is 26.4 Å². The molecule has 1 saturated carbocycles. The Bertz CT molecular complexity index is 902. The minimum absolute atomic E-state index is 0.0149. The van der Waals surface area contributed by atoms with Crippen molar-refractivity contribution in [3.63, 3.8) is 0 Å². The van der Waals surface area contributed by atoms with Crippen molar-refractivity contribution >= 4 is 29.0 Å². The predicted molar refractivity (Wildman–Crippen MR) is 116 cm³/mol. The number of hydrogen-bond donors (Lipinski definition) is 4. The summed E-state index contributed by atoms with van der Waals surface area (Å²) < 4.78 is 11.8. The van der Waals surface area contributed by atoms with Crippen LogP contribution in [-0.2, 0) is 4.74 Å².